The summed E-state index contributed by atoms with van der Waals surface area (Å²) in [6, 6.07) is 15.1. The standard InChI is InChI=1S/C16H20N4/c1-2-20(15-6-4-3-5-7-15)16-11-10-14(18-19-16)12-17-13-8-9-13/h3-7,10-11,13,17H,2,8-9,12H2,1H3. The molecule has 0 bridgehead atoms. The molecule has 0 aliphatic heterocycles. The van der Waals surface area contributed by atoms with Gasteiger partial charge >= 0.3 is 0 Å². The second-order valence-corrected chi connectivity index (χ2v) is 5.12. The molecule has 1 aromatic carbocycles. The Bertz CT molecular complexity index is 534. The Balaban J connectivity index is 1.71. The summed E-state index contributed by atoms with van der Waals surface area (Å²) in [6.07, 6.45) is 2.59. The molecule has 1 saturated carbocycles. The molecule has 1 heterocycles. The Labute approximate surface area is 119 Å². The predicted octanol–water partition coefficient (Wildman–Crippen LogP) is 2.89. The van der Waals surface area contributed by atoms with Crippen molar-refractivity contribution >= 4 is 11.5 Å². The summed E-state index contributed by atoms with van der Waals surface area (Å²) in [4.78, 5) is 2.16. The third-order valence-electron chi connectivity index (χ3n) is 3.52. The molecule has 0 unspecified atom stereocenters. The van der Waals surface area contributed by atoms with E-state index < -0.39 is 0 Å². The van der Waals surface area contributed by atoms with E-state index in [9.17, 15) is 0 Å². The van der Waals surface area contributed by atoms with Crippen molar-refractivity contribution in [3.8, 4) is 0 Å². The minimum atomic E-state index is 0.702. The summed E-state index contributed by atoms with van der Waals surface area (Å²) < 4.78 is 0. The van der Waals surface area contributed by atoms with Crippen molar-refractivity contribution < 1.29 is 0 Å². The topological polar surface area (TPSA) is 41.0 Å². The number of nitrogens with one attached hydrogen (secondary N) is 1. The summed E-state index contributed by atoms with van der Waals surface area (Å²) >= 11 is 0. The minimum absolute atomic E-state index is 0.702. The Hall–Kier alpha value is -1.94. The maximum atomic E-state index is 4.36. The molecule has 0 spiro atoms. The van der Waals surface area contributed by atoms with E-state index >= 15 is 0 Å². The van der Waals surface area contributed by atoms with Gasteiger partial charge < -0.3 is 10.2 Å². The highest BCUT2D eigenvalue weighted by Crippen LogP contribution is 2.22. The average molecular weight is 268 g/mol. The van der Waals surface area contributed by atoms with Crippen LogP contribution in [0.15, 0.2) is 42.5 Å². The maximum Gasteiger partial charge on any atom is 0.155 e. The predicted molar refractivity (Wildman–Crippen MR) is 81.0 cm³/mol. The van der Waals surface area contributed by atoms with Crippen molar-refractivity contribution in [1.29, 1.82) is 0 Å². The molecule has 1 aliphatic carbocycles. The van der Waals surface area contributed by atoms with Gasteiger partial charge in [0.15, 0.2) is 5.82 Å². The van der Waals surface area contributed by atoms with Gasteiger partial charge in [-0.3, -0.25) is 0 Å². The molecule has 4 heteroatoms. The second kappa shape index (κ2) is 6.01. The van der Waals surface area contributed by atoms with Crippen LogP contribution >= 0.6 is 0 Å². The molecule has 1 N–H and O–H groups in total. The lowest BCUT2D eigenvalue weighted by Gasteiger charge is -2.21. The van der Waals surface area contributed by atoms with Crippen LogP contribution < -0.4 is 10.2 Å². The highest BCUT2D eigenvalue weighted by atomic mass is 15.3. The van der Waals surface area contributed by atoms with Crippen LogP contribution in [0.25, 0.3) is 0 Å². The number of aromatic nitrogens is 2. The van der Waals surface area contributed by atoms with Gasteiger partial charge in [-0.25, -0.2) is 0 Å². The van der Waals surface area contributed by atoms with Crippen LogP contribution in [0.1, 0.15) is 25.5 Å². The molecule has 1 aromatic heterocycles. The first-order chi connectivity index (χ1) is 9.86. The number of benzene rings is 1. The number of hydrogen-bond acceptors (Lipinski definition) is 4. The van der Waals surface area contributed by atoms with Gasteiger partial charge in [-0.05, 0) is 44.0 Å². The van der Waals surface area contributed by atoms with Gasteiger partial charge in [-0.2, -0.15) is 5.10 Å². The molecule has 0 atom stereocenters. The molecule has 0 amide bonds. The first kappa shape index (κ1) is 13.1. The number of rotatable bonds is 6. The fourth-order valence-corrected chi connectivity index (χ4v) is 2.21. The number of hydrogen-bond donors (Lipinski definition) is 1. The Morgan fingerprint density at radius 1 is 1.10 bits per heavy atom. The first-order valence-corrected chi connectivity index (χ1v) is 7.25. The SMILES string of the molecule is CCN(c1ccccc1)c1ccc(CNC2CC2)nn1. The first-order valence-electron chi connectivity index (χ1n) is 7.25. The van der Waals surface area contributed by atoms with Crippen LogP contribution in [0, 0.1) is 0 Å². The Morgan fingerprint density at radius 3 is 2.50 bits per heavy atom. The molecule has 1 aliphatic rings. The molecular formula is C16H20N4. The summed E-state index contributed by atoms with van der Waals surface area (Å²) in [7, 11) is 0. The van der Waals surface area contributed by atoms with E-state index in [2.05, 4.69) is 45.5 Å². The van der Waals surface area contributed by atoms with E-state index in [0.29, 0.717) is 6.04 Å². The molecule has 4 nitrogen and oxygen atoms in total. The van der Waals surface area contributed by atoms with E-state index in [-0.39, 0.29) is 0 Å². The molecule has 2 aromatic rings. The van der Waals surface area contributed by atoms with E-state index in [0.717, 1.165) is 30.3 Å². The summed E-state index contributed by atoms with van der Waals surface area (Å²) in [5.41, 5.74) is 2.15. The normalized spacial score (nSPS) is 14.2. The third kappa shape index (κ3) is 3.14. The molecular weight excluding hydrogens is 248 g/mol. The molecule has 104 valence electrons. The monoisotopic (exact) mass is 268 g/mol. The van der Waals surface area contributed by atoms with Gasteiger partial charge in [0.1, 0.15) is 0 Å². The lowest BCUT2D eigenvalue weighted by molar-refractivity contribution is 0.665. The zero-order chi connectivity index (χ0) is 13.8. The van der Waals surface area contributed by atoms with E-state index in [1.807, 2.05) is 24.3 Å². The van der Waals surface area contributed by atoms with Crippen molar-refractivity contribution in [1.82, 2.24) is 15.5 Å². The second-order valence-electron chi connectivity index (χ2n) is 5.12. The van der Waals surface area contributed by atoms with Gasteiger partial charge in [0, 0.05) is 24.8 Å². The van der Waals surface area contributed by atoms with Crippen LogP contribution in [0.3, 0.4) is 0 Å². The van der Waals surface area contributed by atoms with Gasteiger partial charge in [0.25, 0.3) is 0 Å². The molecule has 0 saturated heterocycles. The maximum absolute atomic E-state index is 4.36. The lowest BCUT2D eigenvalue weighted by Crippen LogP contribution is -2.19. The van der Waals surface area contributed by atoms with Crippen LogP contribution in [0.4, 0.5) is 11.5 Å². The van der Waals surface area contributed by atoms with E-state index in [4.69, 9.17) is 0 Å². The molecule has 20 heavy (non-hydrogen) atoms. The number of anilines is 2. The van der Waals surface area contributed by atoms with Crippen LogP contribution in [0.5, 0.6) is 0 Å². The zero-order valence-corrected chi connectivity index (χ0v) is 11.8. The fraction of sp³-hybridized carbons (Fsp3) is 0.375. The average Bonchev–Trinajstić information content (AvgIpc) is 3.33. The van der Waals surface area contributed by atoms with Gasteiger partial charge in [-0.1, -0.05) is 18.2 Å². The lowest BCUT2D eigenvalue weighted by atomic mass is 10.3. The molecule has 1 fully saturated rings. The quantitative estimate of drug-likeness (QED) is 0.874. The highest BCUT2D eigenvalue weighted by Gasteiger charge is 2.20. The Kier molecular flexibility index (Phi) is 3.92. The van der Waals surface area contributed by atoms with Crippen molar-refractivity contribution in [2.24, 2.45) is 0 Å². The van der Waals surface area contributed by atoms with E-state index in [1.165, 1.54) is 12.8 Å². The number of para-hydroxylation sites is 1. The van der Waals surface area contributed by atoms with Gasteiger partial charge in [0.2, 0.25) is 0 Å². The van der Waals surface area contributed by atoms with Crippen molar-refractivity contribution in [2.75, 3.05) is 11.4 Å². The van der Waals surface area contributed by atoms with Crippen molar-refractivity contribution in [2.45, 2.75) is 32.4 Å². The molecule has 0 radical (unpaired) electrons. The van der Waals surface area contributed by atoms with Gasteiger partial charge in [-0.15, -0.1) is 5.10 Å². The van der Waals surface area contributed by atoms with Crippen molar-refractivity contribution in [3.05, 3.63) is 48.2 Å². The smallest absolute Gasteiger partial charge is 0.155 e. The van der Waals surface area contributed by atoms with E-state index in [1.54, 1.807) is 0 Å². The summed E-state index contributed by atoms with van der Waals surface area (Å²) in [5, 5.41) is 12.1. The highest BCUT2D eigenvalue weighted by molar-refractivity contribution is 5.59. The third-order valence-corrected chi connectivity index (χ3v) is 3.52. The minimum Gasteiger partial charge on any atom is -0.325 e. The molecule has 3 rings (SSSR count). The summed E-state index contributed by atoms with van der Waals surface area (Å²) in [6.45, 7) is 3.81. The van der Waals surface area contributed by atoms with Crippen molar-refractivity contribution in [3.63, 3.8) is 0 Å². The zero-order valence-electron chi connectivity index (χ0n) is 11.8. The van der Waals surface area contributed by atoms with Crippen LogP contribution in [0.2, 0.25) is 0 Å². The van der Waals surface area contributed by atoms with Gasteiger partial charge in [0.05, 0.1) is 5.69 Å². The van der Waals surface area contributed by atoms with Crippen LogP contribution in [-0.2, 0) is 6.54 Å². The van der Waals surface area contributed by atoms with Crippen LogP contribution in [-0.4, -0.2) is 22.8 Å². The number of nitrogens with zero attached hydrogens (tertiary/aromatic N) is 3. The Morgan fingerprint density at radius 2 is 1.90 bits per heavy atom. The summed E-state index contributed by atoms with van der Waals surface area (Å²) in [5.74, 6) is 0.897. The fourth-order valence-electron chi connectivity index (χ4n) is 2.21. The largest absolute Gasteiger partial charge is 0.325 e.